The normalized spacial score (nSPS) is 12.0. The van der Waals surface area contributed by atoms with Crippen LogP contribution in [0.25, 0.3) is 0 Å². The number of hydrogen-bond donors (Lipinski definition) is 1. The lowest BCUT2D eigenvalue weighted by Crippen LogP contribution is -2.20. The number of rotatable bonds is 4. The van der Waals surface area contributed by atoms with Gasteiger partial charge in [0.25, 0.3) is 0 Å². The molecule has 74 valence electrons. The maximum atomic E-state index is 5.60. The topological polar surface area (TPSA) is 26.0 Å². The molecule has 13 heavy (non-hydrogen) atoms. The summed E-state index contributed by atoms with van der Waals surface area (Å²) in [5.41, 5.74) is 5.85. The van der Waals surface area contributed by atoms with Crippen molar-refractivity contribution in [3.05, 3.63) is 21.9 Å². The van der Waals surface area contributed by atoms with Gasteiger partial charge in [-0.05, 0) is 31.5 Å². The summed E-state index contributed by atoms with van der Waals surface area (Å²) in [6.07, 6.45) is 2.21. The molecule has 1 nitrogen and oxygen atoms in total. The average molecular weight is 197 g/mol. The van der Waals surface area contributed by atoms with Crippen molar-refractivity contribution < 1.29 is 0 Å². The van der Waals surface area contributed by atoms with Gasteiger partial charge in [-0.3, -0.25) is 0 Å². The molecule has 0 aromatic carbocycles. The van der Waals surface area contributed by atoms with Crippen molar-refractivity contribution in [1.82, 2.24) is 0 Å². The van der Waals surface area contributed by atoms with Gasteiger partial charge in [-0.25, -0.2) is 0 Å². The van der Waals surface area contributed by atoms with Crippen molar-refractivity contribution in [2.24, 2.45) is 5.73 Å². The van der Waals surface area contributed by atoms with Crippen LogP contribution < -0.4 is 5.73 Å². The number of thiophene rings is 1. The van der Waals surface area contributed by atoms with Gasteiger partial charge in [-0.1, -0.05) is 20.8 Å². The second kappa shape index (κ2) is 4.25. The van der Waals surface area contributed by atoms with Crippen LogP contribution in [-0.2, 0) is 11.8 Å². The molecule has 0 fully saturated rings. The van der Waals surface area contributed by atoms with Gasteiger partial charge in [0.15, 0.2) is 0 Å². The Kier molecular flexibility index (Phi) is 3.51. The molecule has 0 aliphatic carbocycles. The molecule has 1 aromatic heterocycles. The molecule has 0 atom stereocenters. The highest BCUT2D eigenvalue weighted by Gasteiger charge is 2.21. The lowest BCUT2D eigenvalue weighted by molar-refractivity contribution is 0.497. The van der Waals surface area contributed by atoms with Crippen molar-refractivity contribution >= 4 is 11.3 Å². The van der Waals surface area contributed by atoms with E-state index in [1.54, 1.807) is 0 Å². The van der Waals surface area contributed by atoms with E-state index in [-0.39, 0.29) is 5.41 Å². The second-order valence-corrected chi connectivity index (χ2v) is 5.21. The molecule has 0 aliphatic heterocycles. The van der Waals surface area contributed by atoms with E-state index in [0.717, 1.165) is 19.4 Å². The van der Waals surface area contributed by atoms with Crippen LogP contribution >= 0.6 is 11.3 Å². The van der Waals surface area contributed by atoms with E-state index >= 15 is 0 Å². The van der Waals surface area contributed by atoms with E-state index in [4.69, 9.17) is 5.73 Å². The van der Waals surface area contributed by atoms with Gasteiger partial charge in [0.05, 0.1) is 0 Å². The van der Waals surface area contributed by atoms with E-state index in [1.165, 1.54) is 9.75 Å². The summed E-state index contributed by atoms with van der Waals surface area (Å²) in [6.45, 7) is 7.51. The van der Waals surface area contributed by atoms with Crippen molar-refractivity contribution in [3.8, 4) is 0 Å². The van der Waals surface area contributed by atoms with Crippen LogP contribution in [0.3, 0.4) is 0 Å². The monoisotopic (exact) mass is 197 g/mol. The van der Waals surface area contributed by atoms with E-state index < -0.39 is 0 Å². The SMILES string of the molecule is CCc1ccc(C(C)(C)CCN)s1. The molecule has 1 aromatic rings. The molecule has 2 N–H and O–H groups in total. The fourth-order valence-electron chi connectivity index (χ4n) is 1.42. The molecule has 0 radical (unpaired) electrons. The second-order valence-electron chi connectivity index (χ2n) is 4.04. The Morgan fingerprint density at radius 3 is 2.54 bits per heavy atom. The third kappa shape index (κ3) is 2.55. The summed E-state index contributed by atoms with van der Waals surface area (Å²) in [5, 5.41) is 0. The van der Waals surface area contributed by atoms with Crippen molar-refractivity contribution in [2.45, 2.75) is 39.0 Å². The fraction of sp³-hybridized carbons (Fsp3) is 0.636. The molecule has 1 heterocycles. The lowest BCUT2D eigenvalue weighted by Gasteiger charge is -2.21. The first-order valence-electron chi connectivity index (χ1n) is 4.89. The van der Waals surface area contributed by atoms with E-state index in [9.17, 15) is 0 Å². The largest absolute Gasteiger partial charge is 0.330 e. The first-order valence-corrected chi connectivity index (χ1v) is 5.71. The summed E-state index contributed by atoms with van der Waals surface area (Å²) < 4.78 is 0. The average Bonchev–Trinajstić information content (AvgIpc) is 2.52. The number of aryl methyl sites for hydroxylation is 1. The zero-order valence-corrected chi connectivity index (χ0v) is 9.58. The lowest BCUT2D eigenvalue weighted by atomic mass is 9.88. The van der Waals surface area contributed by atoms with Crippen LogP contribution in [0.5, 0.6) is 0 Å². The molecule has 0 bridgehead atoms. The molecule has 2 heteroatoms. The third-order valence-electron chi connectivity index (χ3n) is 2.45. The fourth-order valence-corrected chi connectivity index (χ4v) is 2.49. The zero-order valence-electron chi connectivity index (χ0n) is 8.76. The highest BCUT2D eigenvalue weighted by Crippen LogP contribution is 2.32. The van der Waals surface area contributed by atoms with Crippen LogP contribution in [0.2, 0.25) is 0 Å². The Balaban J connectivity index is 2.80. The highest BCUT2D eigenvalue weighted by atomic mass is 32.1. The van der Waals surface area contributed by atoms with Crippen molar-refractivity contribution in [2.75, 3.05) is 6.54 Å². The Labute approximate surface area is 85.0 Å². The van der Waals surface area contributed by atoms with Crippen LogP contribution in [0, 0.1) is 0 Å². The predicted molar refractivity (Wildman–Crippen MR) is 60.4 cm³/mol. The molecular formula is C11H19NS. The third-order valence-corrected chi connectivity index (χ3v) is 4.04. The minimum Gasteiger partial charge on any atom is -0.330 e. The highest BCUT2D eigenvalue weighted by molar-refractivity contribution is 7.12. The van der Waals surface area contributed by atoms with E-state index in [0.29, 0.717) is 0 Å². The van der Waals surface area contributed by atoms with Gasteiger partial charge in [-0.2, -0.15) is 0 Å². The maximum Gasteiger partial charge on any atom is 0.0105 e. The van der Waals surface area contributed by atoms with E-state index in [1.807, 2.05) is 11.3 Å². The Morgan fingerprint density at radius 1 is 1.38 bits per heavy atom. The van der Waals surface area contributed by atoms with Gasteiger partial charge >= 0.3 is 0 Å². The maximum absolute atomic E-state index is 5.60. The van der Waals surface area contributed by atoms with E-state index in [2.05, 4.69) is 32.9 Å². The zero-order chi connectivity index (χ0) is 9.90. The van der Waals surface area contributed by atoms with Crippen LogP contribution in [0.15, 0.2) is 12.1 Å². The quantitative estimate of drug-likeness (QED) is 0.789. The molecular weight excluding hydrogens is 178 g/mol. The predicted octanol–water partition coefficient (Wildman–Crippen LogP) is 2.94. The standard InChI is InChI=1S/C11H19NS/c1-4-9-5-6-10(13-9)11(2,3)7-8-12/h5-6H,4,7-8,12H2,1-3H3. The Hall–Kier alpha value is -0.340. The first kappa shape index (κ1) is 10.7. The Bertz CT molecular complexity index is 263. The summed E-state index contributed by atoms with van der Waals surface area (Å²) in [6, 6.07) is 4.48. The summed E-state index contributed by atoms with van der Waals surface area (Å²) >= 11 is 1.92. The van der Waals surface area contributed by atoms with Crippen LogP contribution in [0.1, 0.15) is 36.9 Å². The summed E-state index contributed by atoms with van der Waals surface area (Å²) in [4.78, 5) is 2.94. The molecule has 0 aliphatic rings. The van der Waals surface area contributed by atoms with Crippen molar-refractivity contribution in [3.63, 3.8) is 0 Å². The van der Waals surface area contributed by atoms with Crippen molar-refractivity contribution in [1.29, 1.82) is 0 Å². The smallest absolute Gasteiger partial charge is 0.0105 e. The molecule has 0 amide bonds. The van der Waals surface area contributed by atoms with Crippen LogP contribution in [-0.4, -0.2) is 6.54 Å². The molecule has 0 saturated carbocycles. The minimum atomic E-state index is 0.257. The first-order chi connectivity index (χ1) is 6.10. The van der Waals surface area contributed by atoms with Gasteiger partial charge in [0, 0.05) is 15.2 Å². The minimum absolute atomic E-state index is 0.257. The summed E-state index contributed by atoms with van der Waals surface area (Å²) in [5.74, 6) is 0. The van der Waals surface area contributed by atoms with Crippen LogP contribution in [0.4, 0.5) is 0 Å². The molecule has 0 saturated heterocycles. The number of nitrogens with two attached hydrogens (primary N) is 1. The summed E-state index contributed by atoms with van der Waals surface area (Å²) in [7, 11) is 0. The molecule has 0 unspecified atom stereocenters. The number of hydrogen-bond acceptors (Lipinski definition) is 2. The van der Waals surface area contributed by atoms with Gasteiger partial charge in [0.1, 0.15) is 0 Å². The molecule has 0 spiro atoms. The Morgan fingerprint density at radius 2 is 2.08 bits per heavy atom. The van der Waals surface area contributed by atoms with Gasteiger partial charge in [-0.15, -0.1) is 11.3 Å². The van der Waals surface area contributed by atoms with Gasteiger partial charge < -0.3 is 5.73 Å². The van der Waals surface area contributed by atoms with Gasteiger partial charge in [0.2, 0.25) is 0 Å². The molecule has 1 rings (SSSR count).